The van der Waals surface area contributed by atoms with E-state index in [1.54, 1.807) is 0 Å². The van der Waals surface area contributed by atoms with E-state index in [0.29, 0.717) is 0 Å². The van der Waals surface area contributed by atoms with Gasteiger partial charge in [0.15, 0.2) is 0 Å². The molecule has 0 aromatic carbocycles. The fourth-order valence-electron chi connectivity index (χ4n) is 0. The molecule has 0 radical (unpaired) electrons. The molecule has 0 bridgehead atoms. The lowest BCUT2D eigenvalue weighted by Gasteiger charge is -1.77. The van der Waals surface area contributed by atoms with Gasteiger partial charge in [0, 0.05) is 0 Å². The summed E-state index contributed by atoms with van der Waals surface area (Å²) in [5.41, 5.74) is 0. The first-order chi connectivity index (χ1) is 3.64. The van der Waals surface area contributed by atoms with Gasteiger partial charge in [-0.05, 0) is 15.9 Å². The zero-order valence-electron chi connectivity index (χ0n) is 4.94. The number of hydrogen-bond acceptors (Lipinski definition) is 1. The molecule has 48 valence electrons. The number of halogens is 1. The number of hydrogen-bond donors (Lipinski definition) is 1. The van der Waals surface area contributed by atoms with Crippen LogP contribution >= 0.6 is 15.9 Å². The average molecular weight is 181 g/mol. The Morgan fingerprint density at radius 3 is 1.75 bits per heavy atom. The molecule has 0 spiro atoms. The first-order valence-corrected chi connectivity index (χ1v) is 3.01. The van der Waals surface area contributed by atoms with Gasteiger partial charge < -0.3 is 5.11 Å². The highest BCUT2D eigenvalue weighted by molar-refractivity contribution is 9.12. The van der Waals surface area contributed by atoms with Crippen molar-refractivity contribution < 1.29 is 9.90 Å². The molecule has 0 saturated heterocycles. The third kappa shape index (κ3) is 9.19. The van der Waals surface area contributed by atoms with Crippen LogP contribution in [0.1, 0.15) is 13.8 Å². The zero-order chi connectivity index (χ0) is 7.15. The fraction of sp³-hybridized carbons (Fsp3) is 0.400. The maximum absolute atomic E-state index is 9.55. The number of carboxylic acids is 1. The summed E-state index contributed by atoms with van der Waals surface area (Å²) in [6.45, 7) is 7.07. The highest BCUT2D eigenvalue weighted by Crippen LogP contribution is 1.97. The Morgan fingerprint density at radius 2 is 1.75 bits per heavy atom. The second-order valence-electron chi connectivity index (χ2n) is 0.710. The van der Waals surface area contributed by atoms with Crippen molar-refractivity contribution in [2.24, 2.45) is 0 Å². The lowest BCUT2D eigenvalue weighted by atomic mass is 10.7. The second kappa shape index (κ2) is 6.69. The maximum Gasteiger partial charge on any atom is 0.342 e. The van der Waals surface area contributed by atoms with Crippen molar-refractivity contribution in [3.8, 4) is 0 Å². The van der Waals surface area contributed by atoms with Crippen LogP contribution in [0.5, 0.6) is 0 Å². The van der Waals surface area contributed by atoms with E-state index in [1.807, 2.05) is 13.8 Å². The molecule has 0 amide bonds. The lowest BCUT2D eigenvalue weighted by molar-refractivity contribution is -0.131. The van der Waals surface area contributed by atoms with Crippen LogP contribution in [0.25, 0.3) is 0 Å². The predicted molar refractivity (Wildman–Crippen MR) is 37.1 cm³/mol. The molecule has 0 fully saturated rings. The molecule has 0 aliphatic carbocycles. The fourth-order valence-corrected chi connectivity index (χ4v) is 0. The number of carbonyl (C=O) groups is 1. The van der Waals surface area contributed by atoms with E-state index in [2.05, 4.69) is 22.5 Å². The standard InChI is InChI=1S/C3H3BrO2.C2H6/c1-2(4)3(5)6;1-2/h1H2,(H,5,6);1-2H3. The van der Waals surface area contributed by atoms with E-state index < -0.39 is 5.97 Å². The van der Waals surface area contributed by atoms with Gasteiger partial charge in [-0.3, -0.25) is 0 Å². The largest absolute Gasteiger partial charge is 0.477 e. The molecular weight excluding hydrogens is 172 g/mol. The highest BCUT2D eigenvalue weighted by atomic mass is 79.9. The van der Waals surface area contributed by atoms with E-state index in [-0.39, 0.29) is 4.48 Å². The third-order valence-electron chi connectivity index (χ3n) is 0.232. The van der Waals surface area contributed by atoms with Crippen molar-refractivity contribution in [3.63, 3.8) is 0 Å². The van der Waals surface area contributed by atoms with Gasteiger partial charge in [0.1, 0.15) is 0 Å². The Morgan fingerprint density at radius 1 is 1.62 bits per heavy atom. The van der Waals surface area contributed by atoms with E-state index in [0.717, 1.165) is 0 Å². The lowest BCUT2D eigenvalue weighted by Crippen LogP contribution is -1.89. The Labute approximate surface area is 57.3 Å². The van der Waals surface area contributed by atoms with Crippen LogP contribution < -0.4 is 0 Å². The van der Waals surface area contributed by atoms with Crippen LogP contribution in [0.2, 0.25) is 0 Å². The van der Waals surface area contributed by atoms with Gasteiger partial charge in [-0.15, -0.1) is 0 Å². The van der Waals surface area contributed by atoms with Crippen LogP contribution in [0, 0.1) is 0 Å². The Balaban J connectivity index is 0. The van der Waals surface area contributed by atoms with Gasteiger partial charge in [-0.2, -0.15) is 0 Å². The first-order valence-electron chi connectivity index (χ1n) is 2.22. The SMILES string of the molecule is C=C(Br)C(=O)O.CC. The average Bonchev–Trinajstić information content (AvgIpc) is 1.72. The summed E-state index contributed by atoms with van der Waals surface area (Å²) in [4.78, 5) is 9.55. The summed E-state index contributed by atoms with van der Waals surface area (Å²) in [6, 6.07) is 0. The van der Waals surface area contributed by atoms with E-state index in [9.17, 15) is 4.79 Å². The van der Waals surface area contributed by atoms with Crippen molar-refractivity contribution in [1.29, 1.82) is 0 Å². The summed E-state index contributed by atoms with van der Waals surface area (Å²) >= 11 is 2.64. The van der Waals surface area contributed by atoms with Gasteiger partial charge >= 0.3 is 5.97 Å². The summed E-state index contributed by atoms with van der Waals surface area (Å²) in [6.07, 6.45) is 0. The summed E-state index contributed by atoms with van der Waals surface area (Å²) in [5, 5.41) is 7.84. The normalized spacial score (nSPS) is 6.38. The third-order valence-corrected chi connectivity index (χ3v) is 0.571. The molecule has 0 aromatic heterocycles. The topological polar surface area (TPSA) is 37.3 Å². The number of rotatable bonds is 1. The van der Waals surface area contributed by atoms with Gasteiger partial charge in [0.2, 0.25) is 0 Å². The Kier molecular flexibility index (Phi) is 8.89. The van der Waals surface area contributed by atoms with E-state index in [1.165, 1.54) is 0 Å². The van der Waals surface area contributed by atoms with Gasteiger partial charge in [-0.1, -0.05) is 20.4 Å². The van der Waals surface area contributed by atoms with Crippen molar-refractivity contribution in [2.45, 2.75) is 13.8 Å². The van der Waals surface area contributed by atoms with Crippen LogP contribution in [-0.2, 0) is 4.79 Å². The van der Waals surface area contributed by atoms with Crippen LogP contribution in [-0.4, -0.2) is 11.1 Å². The van der Waals surface area contributed by atoms with Gasteiger partial charge in [0.05, 0.1) is 4.48 Å². The quantitative estimate of drug-likeness (QED) is 0.628. The molecule has 0 atom stereocenters. The molecule has 0 saturated carbocycles. The van der Waals surface area contributed by atoms with Crippen molar-refractivity contribution in [2.75, 3.05) is 0 Å². The van der Waals surface area contributed by atoms with Crippen LogP contribution in [0.3, 0.4) is 0 Å². The second-order valence-corrected chi connectivity index (χ2v) is 1.67. The molecule has 1 N–H and O–H groups in total. The summed E-state index contributed by atoms with van der Waals surface area (Å²) < 4.78 is -0.0116. The van der Waals surface area contributed by atoms with E-state index in [4.69, 9.17) is 5.11 Å². The first kappa shape index (κ1) is 10.6. The minimum absolute atomic E-state index is 0.0116. The van der Waals surface area contributed by atoms with Gasteiger partial charge in [-0.25, -0.2) is 4.79 Å². The minimum atomic E-state index is -1.02. The summed E-state index contributed by atoms with van der Waals surface area (Å²) in [7, 11) is 0. The molecule has 0 rings (SSSR count). The Bertz CT molecular complexity index is 76.4. The minimum Gasteiger partial charge on any atom is -0.477 e. The van der Waals surface area contributed by atoms with Crippen molar-refractivity contribution >= 4 is 21.9 Å². The van der Waals surface area contributed by atoms with E-state index >= 15 is 0 Å². The molecule has 0 heterocycles. The molecule has 2 nitrogen and oxygen atoms in total. The van der Waals surface area contributed by atoms with Crippen LogP contribution in [0.15, 0.2) is 11.1 Å². The molecule has 3 heteroatoms. The van der Waals surface area contributed by atoms with Gasteiger partial charge in [0.25, 0.3) is 0 Å². The number of aliphatic carboxylic acids is 1. The smallest absolute Gasteiger partial charge is 0.342 e. The summed E-state index contributed by atoms with van der Waals surface area (Å²) in [5.74, 6) is -1.02. The molecular formula is C5H9BrO2. The van der Waals surface area contributed by atoms with Crippen molar-refractivity contribution in [3.05, 3.63) is 11.1 Å². The maximum atomic E-state index is 9.55. The van der Waals surface area contributed by atoms with Crippen LogP contribution in [0.4, 0.5) is 0 Å². The van der Waals surface area contributed by atoms with Crippen molar-refractivity contribution in [1.82, 2.24) is 0 Å². The molecule has 8 heavy (non-hydrogen) atoms. The predicted octanol–water partition coefficient (Wildman–Crippen LogP) is 2.01. The highest BCUT2D eigenvalue weighted by Gasteiger charge is 1.93. The molecule has 0 unspecified atom stereocenters. The Hall–Kier alpha value is -0.310. The monoisotopic (exact) mass is 180 g/mol. The molecule has 0 aromatic rings. The number of carboxylic acid groups (broad SMARTS) is 1. The molecule has 0 aliphatic heterocycles. The molecule has 0 aliphatic rings. The zero-order valence-corrected chi connectivity index (χ0v) is 6.53.